The number of carbonyl (C=O) groups excluding carboxylic acids is 1. The summed E-state index contributed by atoms with van der Waals surface area (Å²) in [5.74, 6) is -0.959. The minimum Gasteiger partial charge on any atom is -0.478 e. The fourth-order valence-corrected chi connectivity index (χ4v) is 2.65. The Morgan fingerprint density at radius 2 is 2.05 bits per heavy atom. The molecule has 1 aliphatic carbocycles. The number of benzene rings is 1. The molecule has 21 heavy (non-hydrogen) atoms. The maximum Gasteiger partial charge on any atom is 0.335 e. The first-order chi connectivity index (χ1) is 9.96. The number of hydrogen-bond acceptors (Lipinski definition) is 2. The van der Waals surface area contributed by atoms with Gasteiger partial charge in [-0.15, -0.1) is 0 Å². The molecule has 0 unspecified atom stereocenters. The van der Waals surface area contributed by atoms with Gasteiger partial charge in [0, 0.05) is 12.2 Å². The van der Waals surface area contributed by atoms with Gasteiger partial charge in [0.1, 0.15) is 0 Å². The molecule has 5 nitrogen and oxygen atoms in total. The standard InChI is InChI=1S/C16H22N2O3/c1-3-6-16(7-8-16)10-17-15(21)18-12-4-5-13(14(19)20)11(2)9-12/h4-5,9H,3,6-8,10H2,1-2H3,(H,19,20)(H2,17,18,21). The predicted octanol–water partition coefficient (Wildman–Crippen LogP) is 3.40. The van der Waals surface area contributed by atoms with E-state index in [1.165, 1.54) is 18.9 Å². The lowest BCUT2D eigenvalue weighted by molar-refractivity contribution is 0.0696. The number of rotatable bonds is 6. The van der Waals surface area contributed by atoms with Gasteiger partial charge in [0.25, 0.3) is 0 Å². The van der Waals surface area contributed by atoms with E-state index in [0.29, 0.717) is 23.2 Å². The first kappa shape index (κ1) is 15.4. The molecule has 2 amide bonds. The van der Waals surface area contributed by atoms with E-state index in [9.17, 15) is 9.59 Å². The number of carboxylic acid groups (broad SMARTS) is 1. The van der Waals surface area contributed by atoms with Crippen LogP contribution in [0.1, 0.15) is 48.5 Å². The Balaban J connectivity index is 1.88. The van der Waals surface area contributed by atoms with Crippen molar-refractivity contribution in [3.05, 3.63) is 29.3 Å². The lowest BCUT2D eigenvalue weighted by atomic mass is 10.0. The molecule has 0 aromatic heterocycles. The zero-order chi connectivity index (χ0) is 15.5. The third kappa shape index (κ3) is 3.97. The molecule has 1 aromatic rings. The Morgan fingerprint density at radius 1 is 1.33 bits per heavy atom. The first-order valence-corrected chi connectivity index (χ1v) is 7.34. The molecular formula is C16H22N2O3. The number of carboxylic acids is 1. The molecule has 3 N–H and O–H groups in total. The van der Waals surface area contributed by atoms with Crippen LogP contribution in [0, 0.1) is 12.3 Å². The van der Waals surface area contributed by atoms with Crippen molar-refractivity contribution >= 4 is 17.7 Å². The Labute approximate surface area is 124 Å². The van der Waals surface area contributed by atoms with Crippen molar-refractivity contribution in [1.29, 1.82) is 0 Å². The summed E-state index contributed by atoms with van der Waals surface area (Å²) in [7, 11) is 0. The van der Waals surface area contributed by atoms with Crippen molar-refractivity contribution in [3.8, 4) is 0 Å². The third-order valence-corrected chi connectivity index (χ3v) is 4.08. The number of nitrogens with one attached hydrogen (secondary N) is 2. The number of anilines is 1. The Bertz CT molecular complexity index is 550. The van der Waals surface area contributed by atoms with Crippen LogP contribution in [0.4, 0.5) is 10.5 Å². The lowest BCUT2D eigenvalue weighted by Crippen LogP contribution is -2.33. The van der Waals surface area contributed by atoms with Gasteiger partial charge in [-0.1, -0.05) is 13.3 Å². The molecule has 0 bridgehead atoms. The van der Waals surface area contributed by atoms with Gasteiger partial charge in [-0.25, -0.2) is 9.59 Å². The van der Waals surface area contributed by atoms with Crippen molar-refractivity contribution in [2.45, 2.75) is 39.5 Å². The molecule has 1 aliphatic rings. The Morgan fingerprint density at radius 3 is 2.57 bits per heavy atom. The Kier molecular flexibility index (Phi) is 4.50. The van der Waals surface area contributed by atoms with E-state index >= 15 is 0 Å². The molecule has 114 valence electrons. The van der Waals surface area contributed by atoms with Gasteiger partial charge in [0.05, 0.1) is 5.56 Å². The smallest absolute Gasteiger partial charge is 0.335 e. The molecule has 0 radical (unpaired) electrons. The van der Waals surface area contributed by atoms with Crippen LogP contribution in [-0.2, 0) is 0 Å². The average Bonchev–Trinajstić information content (AvgIpc) is 3.17. The average molecular weight is 290 g/mol. The molecule has 1 fully saturated rings. The van der Waals surface area contributed by atoms with Crippen molar-refractivity contribution in [3.63, 3.8) is 0 Å². The van der Waals surface area contributed by atoms with E-state index in [1.807, 2.05) is 0 Å². The van der Waals surface area contributed by atoms with E-state index < -0.39 is 5.97 Å². The molecule has 1 saturated carbocycles. The van der Waals surface area contributed by atoms with Crippen LogP contribution in [0.15, 0.2) is 18.2 Å². The molecule has 2 rings (SSSR count). The zero-order valence-corrected chi connectivity index (χ0v) is 12.5. The van der Waals surface area contributed by atoms with Crippen LogP contribution in [0.3, 0.4) is 0 Å². The monoisotopic (exact) mass is 290 g/mol. The van der Waals surface area contributed by atoms with Gasteiger partial charge in [-0.3, -0.25) is 0 Å². The molecule has 0 spiro atoms. The molecule has 0 saturated heterocycles. The van der Waals surface area contributed by atoms with Gasteiger partial charge >= 0.3 is 12.0 Å². The largest absolute Gasteiger partial charge is 0.478 e. The quantitative estimate of drug-likeness (QED) is 0.751. The van der Waals surface area contributed by atoms with Crippen molar-refractivity contribution in [2.75, 3.05) is 11.9 Å². The van der Waals surface area contributed by atoms with Crippen LogP contribution in [0.25, 0.3) is 0 Å². The second-order valence-corrected chi connectivity index (χ2v) is 5.89. The fraction of sp³-hybridized carbons (Fsp3) is 0.500. The highest BCUT2D eigenvalue weighted by Gasteiger charge is 2.41. The molecule has 0 heterocycles. The lowest BCUT2D eigenvalue weighted by Gasteiger charge is -2.15. The minimum atomic E-state index is -0.959. The SMILES string of the molecule is CCCC1(CNC(=O)Nc2ccc(C(=O)O)c(C)c2)CC1. The first-order valence-electron chi connectivity index (χ1n) is 7.34. The van der Waals surface area contributed by atoms with Gasteiger partial charge in [0.2, 0.25) is 0 Å². The normalized spacial score (nSPS) is 15.3. The van der Waals surface area contributed by atoms with Crippen LogP contribution in [0.5, 0.6) is 0 Å². The van der Waals surface area contributed by atoms with E-state index in [-0.39, 0.29) is 11.6 Å². The highest BCUT2D eigenvalue weighted by Crippen LogP contribution is 2.48. The fourth-order valence-electron chi connectivity index (χ4n) is 2.65. The highest BCUT2D eigenvalue weighted by atomic mass is 16.4. The summed E-state index contributed by atoms with van der Waals surface area (Å²) in [5, 5.41) is 14.6. The molecule has 0 atom stereocenters. The molecule has 1 aromatic carbocycles. The topological polar surface area (TPSA) is 78.4 Å². The van der Waals surface area contributed by atoms with Crippen molar-refractivity contribution in [1.82, 2.24) is 5.32 Å². The number of hydrogen-bond donors (Lipinski definition) is 3. The number of carbonyl (C=O) groups is 2. The van der Waals surface area contributed by atoms with Gasteiger partial charge in [0.15, 0.2) is 0 Å². The zero-order valence-electron chi connectivity index (χ0n) is 12.5. The Hall–Kier alpha value is -2.04. The van der Waals surface area contributed by atoms with Crippen LogP contribution in [0.2, 0.25) is 0 Å². The van der Waals surface area contributed by atoms with Gasteiger partial charge in [-0.05, 0) is 55.4 Å². The van der Waals surface area contributed by atoms with Crippen molar-refractivity contribution in [2.24, 2.45) is 5.41 Å². The summed E-state index contributed by atoms with van der Waals surface area (Å²) in [5.41, 5.74) is 1.80. The molecular weight excluding hydrogens is 268 g/mol. The second kappa shape index (κ2) is 6.16. The summed E-state index contributed by atoms with van der Waals surface area (Å²) in [6.07, 6.45) is 4.67. The summed E-state index contributed by atoms with van der Waals surface area (Å²) in [6, 6.07) is 4.55. The van der Waals surface area contributed by atoms with E-state index in [2.05, 4.69) is 17.6 Å². The number of aryl methyl sites for hydroxylation is 1. The highest BCUT2D eigenvalue weighted by molar-refractivity contribution is 5.92. The second-order valence-electron chi connectivity index (χ2n) is 5.89. The molecule has 0 aliphatic heterocycles. The van der Waals surface area contributed by atoms with Crippen LogP contribution in [-0.4, -0.2) is 23.7 Å². The number of amides is 2. The molecule has 5 heteroatoms. The summed E-state index contributed by atoms with van der Waals surface area (Å²) >= 11 is 0. The summed E-state index contributed by atoms with van der Waals surface area (Å²) < 4.78 is 0. The van der Waals surface area contributed by atoms with E-state index in [0.717, 1.165) is 12.8 Å². The van der Waals surface area contributed by atoms with Crippen molar-refractivity contribution < 1.29 is 14.7 Å². The maximum absolute atomic E-state index is 11.9. The summed E-state index contributed by atoms with van der Waals surface area (Å²) in [4.78, 5) is 22.8. The van der Waals surface area contributed by atoms with Gasteiger partial charge in [-0.2, -0.15) is 0 Å². The van der Waals surface area contributed by atoms with E-state index in [1.54, 1.807) is 19.1 Å². The van der Waals surface area contributed by atoms with E-state index in [4.69, 9.17) is 5.11 Å². The van der Waals surface area contributed by atoms with Gasteiger partial charge < -0.3 is 15.7 Å². The third-order valence-electron chi connectivity index (χ3n) is 4.08. The maximum atomic E-state index is 11.9. The number of urea groups is 1. The minimum absolute atomic E-state index is 0.236. The van der Waals surface area contributed by atoms with Crippen LogP contribution >= 0.6 is 0 Å². The number of aromatic carboxylic acids is 1. The predicted molar refractivity (Wildman–Crippen MR) is 81.7 cm³/mol. The van der Waals surface area contributed by atoms with Crippen LogP contribution < -0.4 is 10.6 Å². The summed E-state index contributed by atoms with van der Waals surface area (Å²) in [6.45, 7) is 4.58.